The summed E-state index contributed by atoms with van der Waals surface area (Å²) in [5, 5.41) is 5.99. The third kappa shape index (κ3) is 4.32. The van der Waals surface area contributed by atoms with Crippen molar-refractivity contribution in [3.05, 3.63) is 66.4 Å². The molecule has 1 heterocycles. The van der Waals surface area contributed by atoms with Crippen molar-refractivity contribution in [1.29, 1.82) is 0 Å². The largest absolute Gasteiger partial charge is 0.497 e. The molecule has 0 radical (unpaired) electrons. The van der Waals surface area contributed by atoms with Crippen LogP contribution in [0.2, 0.25) is 0 Å². The van der Waals surface area contributed by atoms with Crippen LogP contribution in [0.3, 0.4) is 0 Å². The van der Waals surface area contributed by atoms with Gasteiger partial charge in [-0.1, -0.05) is 12.1 Å². The summed E-state index contributed by atoms with van der Waals surface area (Å²) >= 11 is 0. The zero-order valence-corrected chi connectivity index (χ0v) is 15.9. The van der Waals surface area contributed by atoms with Crippen molar-refractivity contribution in [1.82, 2.24) is 4.98 Å². The van der Waals surface area contributed by atoms with Crippen molar-refractivity contribution in [2.75, 3.05) is 32.0 Å². The number of hydrogen-bond donors (Lipinski definition) is 2. The molecular formula is C21H21N3O4. The Morgan fingerprint density at radius 3 is 2.32 bits per heavy atom. The third-order valence-electron chi connectivity index (χ3n) is 4.05. The molecule has 1 amide bonds. The Kier molecular flexibility index (Phi) is 5.96. The van der Waals surface area contributed by atoms with Gasteiger partial charge in [0.25, 0.3) is 5.91 Å². The summed E-state index contributed by atoms with van der Waals surface area (Å²) < 4.78 is 15.8. The highest BCUT2D eigenvalue weighted by Crippen LogP contribution is 2.29. The number of para-hydroxylation sites is 2. The molecule has 3 aromatic rings. The first-order chi connectivity index (χ1) is 13.6. The highest BCUT2D eigenvalue weighted by atomic mass is 16.5. The number of benzene rings is 2. The quantitative estimate of drug-likeness (QED) is 0.643. The van der Waals surface area contributed by atoms with Gasteiger partial charge in [-0.05, 0) is 36.4 Å². The van der Waals surface area contributed by atoms with E-state index in [2.05, 4.69) is 15.6 Å². The summed E-state index contributed by atoms with van der Waals surface area (Å²) in [5.74, 6) is 2.17. The maximum absolute atomic E-state index is 12.5. The number of methoxy groups -OCH3 is 3. The lowest BCUT2D eigenvalue weighted by Crippen LogP contribution is -2.13. The lowest BCUT2D eigenvalue weighted by atomic mass is 10.2. The Balaban J connectivity index is 1.72. The number of nitrogens with one attached hydrogen (secondary N) is 2. The van der Waals surface area contributed by atoms with E-state index in [0.29, 0.717) is 34.3 Å². The lowest BCUT2D eigenvalue weighted by Gasteiger charge is -2.12. The molecule has 7 nitrogen and oxygen atoms in total. The maximum Gasteiger partial charge on any atom is 0.257 e. The Labute approximate surface area is 163 Å². The molecule has 0 atom stereocenters. The second-order valence-electron chi connectivity index (χ2n) is 5.78. The zero-order chi connectivity index (χ0) is 19.9. The van der Waals surface area contributed by atoms with Crippen molar-refractivity contribution in [3.63, 3.8) is 0 Å². The molecular weight excluding hydrogens is 358 g/mol. The number of pyridine rings is 1. The molecule has 0 unspecified atom stereocenters. The molecule has 0 saturated carbocycles. The van der Waals surface area contributed by atoms with Crippen LogP contribution in [0, 0.1) is 0 Å². The number of anilines is 3. The molecule has 0 fully saturated rings. The molecule has 0 aliphatic heterocycles. The fraction of sp³-hybridized carbons (Fsp3) is 0.143. The summed E-state index contributed by atoms with van der Waals surface area (Å²) in [7, 11) is 4.71. The molecule has 0 bridgehead atoms. The minimum atomic E-state index is -0.292. The first kappa shape index (κ1) is 19.0. The van der Waals surface area contributed by atoms with Gasteiger partial charge in [0.15, 0.2) is 0 Å². The number of carbonyl (C=O) groups is 1. The van der Waals surface area contributed by atoms with Crippen molar-refractivity contribution in [3.8, 4) is 17.2 Å². The van der Waals surface area contributed by atoms with E-state index in [0.717, 1.165) is 5.69 Å². The minimum Gasteiger partial charge on any atom is -0.497 e. The van der Waals surface area contributed by atoms with Crippen LogP contribution in [0.5, 0.6) is 17.2 Å². The van der Waals surface area contributed by atoms with Crippen molar-refractivity contribution in [2.45, 2.75) is 0 Å². The molecule has 0 saturated heterocycles. The van der Waals surface area contributed by atoms with Crippen molar-refractivity contribution in [2.24, 2.45) is 0 Å². The minimum absolute atomic E-state index is 0.292. The molecule has 2 aromatic carbocycles. The number of rotatable bonds is 7. The topological polar surface area (TPSA) is 81.7 Å². The van der Waals surface area contributed by atoms with Crippen molar-refractivity contribution >= 4 is 23.1 Å². The average molecular weight is 379 g/mol. The van der Waals surface area contributed by atoms with Gasteiger partial charge in [-0.2, -0.15) is 0 Å². The van der Waals surface area contributed by atoms with Gasteiger partial charge >= 0.3 is 0 Å². The monoisotopic (exact) mass is 379 g/mol. The number of nitrogens with zero attached hydrogens (tertiary/aromatic N) is 1. The van der Waals surface area contributed by atoms with Crippen LogP contribution in [0.15, 0.2) is 60.8 Å². The van der Waals surface area contributed by atoms with Gasteiger partial charge in [0.2, 0.25) is 0 Å². The molecule has 0 aliphatic rings. The Morgan fingerprint density at radius 1 is 0.857 bits per heavy atom. The van der Waals surface area contributed by atoms with Gasteiger partial charge in [-0.3, -0.25) is 4.79 Å². The second-order valence-corrected chi connectivity index (χ2v) is 5.78. The molecule has 7 heteroatoms. The summed E-state index contributed by atoms with van der Waals surface area (Å²) in [5.41, 5.74) is 1.76. The predicted octanol–water partition coefficient (Wildman–Crippen LogP) is 4.10. The first-order valence-electron chi connectivity index (χ1n) is 8.54. The van der Waals surface area contributed by atoms with E-state index in [1.165, 1.54) is 13.3 Å². The van der Waals surface area contributed by atoms with Gasteiger partial charge in [-0.25, -0.2) is 4.98 Å². The number of carbonyl (C=O) groups excluding carboxylic acids is 1. The van der Waals surface area contributed by atoms with Gasteiger partial charge in [0.05, 0.1) is 38.3 Å². The van der Waals surface area contributed by atoms with Gasteiger partial charge < -0.3 is 24.8 Å². The smallest absolute Gasteiger partial charge is 0.257 e. The van der Waals surface area contributed by atoms with Crippen LogP contribution in [0.4, 0.5) is 17.2 Å². The van der Waals surface area contributed by atoms with Crippen LogP contribution in [0.25, 0.3) is 0 Å². The summed E-state index contributed by atoms with van der Waals surface area (Å²) in [6, 6.07) is 16.1. The maximum atomic E-state index is 12.5. The van der Waals surface area contributed by atoms with Crippen LogP contribution in [-0.2, 0) is 0 Å². The summed E-state index contributed by atoms with van der Waals surface area (Å²) in [4.78, 5) is 16.8. The number of ether oxygens (including phenoxy) is 3. The van der Waals surface area contributed by atoms with Crippen LogP contribution < -0.4 is 24.8 Å². The van der Waals surface area contributed by atoms with Crippen LogP contribution >= 0.6 is 0 Å². The van der Waals surface area contributed by atoms with Gasteiger partial charge in [0, 0.05) is 12.3 Å². The van der Waals surface area contributed by atoms with Crippen LogP contribution in [0.1, 0.15) is 10.4 Å². The normalized spacial score (nSPS) is 10.1. The number of amides is 1. The van der Waals surface area contributed by atoms with E-state index in [9.17, 15) is 4.79 Å². The van der Waals surface area contributed by atoms with Crippen LogP contribution in [-0.4, -0.2) is 32.2 Å². The molecule has 2 N–H and O–H groups in total. The number of aromatic nitrogens is 1. The standard InChI is InChI=1S/C21H21N3O4/c1-26-15-9-10-17(19(12-15)28-3)24-21(25)14-8-11-20(22-13-14)23-16-6-4-5-7-18(16)27-2/h4-13H,1-3H3,(H,22,23)(H,24,25). The lowest BCUT2D eigenvalue weighted by molar-refractivity contribution is 0.102. The predicted molar refractivity (Wildman–Crippen MR) is 108 cm³/mol. The first-order valence-corrected chi connectivity index (χ1v) is 8.54. The Bertz CT molecular complexity index is 958. The van der Waals surface area contributed by atoms with E-state index in [1.807, 2.05) is 24.3 Å². The van der Waals surface area contributed by atoms with E-state index in [-0.39, 0.29) is 5.91 Å². The second kappa shape index (κ2) is 8.77. The Morgan fingerprint density at radius 2 is 1.64 bits per heavy atom. The fourth-order valence-electron chi connectivity index (χ4n) is 2.58. The molecule has 0 aliphatic carbocycles. The fourth-order valence-corrected chi connectivity index (χ4v) is 2.58. The SMILES string of the molecule is COc1ccc(NC(=O)c2ccc(Nc3ccccc3OC)nc2)c(OC)c1. The zero-order valence-electron chi connectivity index (χ0n) is 15.9. The summed E-state index contributed by atoms with van der Waals surface area (Å²) in [6.07, 6.45) is 1.50. The molecule has 144 valence electrons. The highest BCUT2D eigenvalue weighted by Gasteiger charge is 2.12. The average Bonchev–Trinajstić information content (AvgIpc) is 2.74. The molecule has 3 rings (SSSR count). The number of hydrogen-bond acceptors (Lipinski definition) is 6. The van der Waals surface area contributed by atoms with E-state index in [4.69, 9.17) is 14.2 Å². The summed E-state index contributed by atoms with van der Waals surface area (Å²) in [6.45, 7) is 0. The van der Waals surface area contributed by atoms with E-state index < -0.39 is 0 Å². The van der Waals surface area contributed by atoms with E-state index in [1.54, 1.807) is 44.6 Å². The molecule has 0 spiro atoms. The molecule has 28 heavy (non-hydrogen) atoms. The third-order valence-corrected chi connectivity index (χ3v) is 4.05. The Hall–Kier alpha value is -3.74. The van der Waals surface area contributed by atoms with Gasteiger partial charge in [-0.15, -0.1) is 0 Å². The molecule has 1 aromatic heterocycles. The van der Waals surface area contributed by atoms with Gasteiger partial charge in [0.1, 0.15) is 23.1 Å². The highest BCUT2D eigenvalue weighted by molar-refractivity contribution is 6.05. The van der Waals surface area contributed by atoms with E-state index >= 15 is 0 Å². The van der Waals surface area contributed by atoms with Crippen molar-refractivity contribution < 1.29 is 19.0 Å².